The number of carbonyl (C=O) groups is 1. The zero-order chi connectivity index (χ0) is 17.8. The lowest BCUT2D eigenvalue weighted by atomic mass is 10.0. The van der Waals surface area contributed by atoms with Gasteiger partial charge in [0.1, 0.15) is 10.7 Å². The molecule has 25 heavy (non-hydrogen) atoms. The van der Waals surface area contributed by atoms with Crippen molar-refractivity contribution in [2.45, 2.75) is 39.2 Å². The fourth-order valence-electron chi connectivity index (χ4n) is 3.38. The minimum absolute atomic E-state index is 0.0687. The monoisotopic (exact) mass is 361 g/mol. The Balaban J connectivity index is 1.74. The van der Waals surface area contributed by atoms with E-state index in [9.17, 15) is 9.18 Å². The van der Waals surface area contributed by atoms with Crippen LogP contribution in [-0.4, -0.2) is 35.4 Å². The van der Waals surface area contributed by atoms with Gasteiger partial charge in [0.05, 0.1) is 16.7 Å². The Bertz CT molecular complexity index is 723. The van der Waals surface area contributed by atoms with Crippen molar-refractivity contribution in [3.05, 3.63) is 51.2 Å². The zero-order valence-electron chi connectivity index (χ0n) is 14.7. The fourth-order valence-corrected chi connectivity index (χ4v) is 4.22. The number of amides is 1. The number of piperidine rings is 1. The van der Waals surface area contributed by atoms with Crippen molar-refractivity contribution in [1.29, 1.82) is 0 Å². The lowest BCUT2D eigenvalue weighted by Crippen LogP contribution is -2.40. The van der Waals surface area contributed by atoms with Gasteiger partial charge in [-0.2, -0.15) is 0 Å². The van der Waals surface area contributed by atoms with Crippen LogP contribution in [-0.2, 0) is 0 Å². The second-order valence-electron chi connectivity index (χ2n) is 6.52. The average Bonchev–Trinajstić information content (AvgIpc) is 2.96. The van der Waals surface area contributed by atoms with Crippen LogP contribution < -0.4 is 5.32 Å². The minimum Gasteiger partial charge on any atom is -0.349 e. The third-order valence-electron chi connectivity index (χ3n) is 4.65. The van der Waals surface area contributed by atoms with Crippen LogP contribution in [0, 0.1) is 19.7 Å². The van der Waals surface area contributed by atoms with Gasteiger partial charge in [0, 0.05) is 6.54 Å². The summed E-state index contributed by atoms with van der Waals surface area (Å²) in [6.45, 7) is 6.30. The molecule has 0 aliphatic carbocycles. The second kappa shape index (κ2) is 8.06. The molecule has 1 aromatic carbocycles. The molecule has 2 heterocycles. The largest absolute Gasteiger partial charge is 0.349 e. The van der Waals surface area contributed by atoms with E-state index >= 15 is 0 Å². The van der Waals surface area contributed by atoms with E-state index in [1.807, 2.05) is 26.0 Å². The molecule has 1 aromatic heterocycles. The maximum Gasteiger partial charge on any atom is 0.263 e. The molecule has 0 bridgehead atoms. The molecule has 3 rings (SSSR count). The van der Waals surface area contributed by atoms with Gasteiger partial charge in [-0.3, -0.25) is 9.69 Å². The first-order valence-electron chi connectivity index (χ1n) is 8.76. The van der Waals surface area contributed by atoms with E-state index in [4.69, 9.17) is 0 Å². The Kier molecular flexibility index (Phi) is 5.81. The standard InChI is InChI=1S/C19H24FN3OS/c1-13-18(25-14(2)22-13)19(24)21-12-17(23-10-4-3-5-11-23)15-6-8-16(20)9-7-15/h6-9,17H,3-5,10-12H2,1-2H3,(H,21,24)/t17-/m1/s1. The summed E-state index contributed by atoms with van der Waals surface area (Å²) in [5.41, 5.74) is 1.82. The maximum absolute atomic E-state index is 13.3. The first-order valence-corrected chi connectivity index (χ1v) is 9.58. The molecule has 1 fully saturated rings. The number of benzene rings is 1. The number of nitrogens with zero attached hydrogens (tertiary/aromatic N) is 2. The molecule has 0 spiro atoms. The number of nitrogens with one attached hydrogen (secondary N) is 1. The quantitative estimate of drug-likeness (QED) is 0.880. The van der Waals surface area contributed by atoms with E-state index in [1.165, 1.54) is 42.7 Å². The fraction of sp³-hybridized carbons (Fsp3) is 0.474. The van der Waals surface area contributed by atoms with Crippen molar-refractivity contribution in [3.8, 4) is 0 Å². The molecule has 134 valence electrons. The number of aryl methyl sites for hydroxylation is 2. The van der Waals surface area contributed by atoms with E-state index in [0.717, 1.165) is 29.4 Å². The van der Waals surface area contributed by atoms with Crippen molar-refractivity contribution in [1.82, 2.24) is 15.2 Å². The first-order chi connectivity index (χ1) is 12.0. The normalized spacial score (nSPS) is 16.6. The number of rotatable bonds is 5. The highest BCUT2D eigenvalue weighted by atomic mass is 32.1. The number of hydrogen-bond acceptors (Lipinski definition) is 4. The van der Waals surface area contributed by atoms with Crippen LogP contribution in [0.15, 0.2) is 24.3 Å². The Morgan fingerprint density at radius 3 is 2.52 bits per heavy atom. The molecule has 0 radical (unpaired) electrons. The van der Waals surface area contributed by atoms with E-state index in [2.05, 4.69) is 15.2 Å². The SMILES string of the molecule is Cc1nc(C)c(C(=O)NC[C@H](c2ccc(F)cc2)N2CCCCC2)s1. The topological polar surface area (TPSA) is 45.2 Å². The number of likely N-dealkylation sites (tertiary alicyclic amines) is 1. The number of thiazole rings is 1. The molecular weight excluding hydrogens is 337 g/mol. The zero-order valence-corrected chi connectivity index (χ0v) is 15.5. The van der Waals surface area contributed by atoms with Crippen molar-refractivity contribution in [2.75, 3.05) is 19.6 Å². The van der Waals surface area contributed by atoms with Crippen LogP contribution >= 0.6 is 11.3 Å². The van der Waals surface area contributed by atoms with Crippen LogP contribution in [0.5, 0.6) is 0 Å². The molecule has 6 heteroatoms. The predicted octanol–water partition coefficient (Wildman–Crippen LogP) is 3.86. The summed E-state index contributed by atoms with van der Waals surface area (Å²) in [6.07, 6.45) is 3.58. The van der Waals surface area contributed by atoms with Gasteiger partial charge in [-0.25, -0.2) is 9.37 Å². The third-order valence-corrected chi connectivity index (χ3v) is 5.72. The van der Waals surface area contributed by atoms with Gasteiger partial charge in [-0.1, -0.05) is 18.6 Å². The highest BCUT2D eigenvalue weighted by Crippen LogP contribution is 2.25. The Morgan fingerprint density at radius 1 is 1.24 bits per heavy atom. The molecular formula is C19H24FN3OS. The summed E-state index contributed by atoms with van der Waals surface area (Å²) in [5.74, 6) is -0.312. The smallest absolute Gasteiger partial charge is 0.263 e. The van der Waals surface area contributed by atoms with Crippen LogP contribution in [0.4, 0.5) is 4.39 Å². The maximum atomic E-state index is 13.3. The number of carbonyl (C=O) groups excluding carboxylic acids is 1. The molecule has 1 N–H and O–H groups in total. The van der Waals surface area contributed by atoms with Crippen molar-refractivity contribution in [3.63, 3.8) is 0 Å². The lowest BCUT2D eigenvalue weighted by molar-refractivity contribution is 0.0927. The molecule has 1 aliphatic heterocycles. The van der Waals surface area contributed by atoms with Crippen LogP contribution in [0.1, 0.15) is 51.2 Å². The predicted molar refractivity (Wildman–Crippen MR) is 98.5 cm³/mol. The summed E-state index contributed by atoms with van der Waals surface area (Å²) in [4.78, 5) is 19.9. The summed E-state index contributed by atoms with van der Waals surface area (Å²) >= 11 is 1.42. The van der Waals surface area contributed by atoms with Gasteiger partial charge in [0.15, 0.2) is 0 Å². The van der Waals surface area contributed by atoms with E-state index < -0.39 is 0 Å². The molecule has 1 amide bonds. The molecule has 1 atom stereocenters. The van der Waals surface area contributed by atoms with E-state index in [-0.39, 0.29) is 17.8 Å². The van der Waals surface area contributed by atoms with Gasteiger partial charge in [0.25, 0.3) is 5.91 Å². The molecule has 0 saturated carbocycles. The number of halogens is 1. The molecule has 0 unspecified atom stereocenters. The third kappa shape index (κ3) is 4.44. The van der Waals surface area contributed by atoms with Gasteiger partial charge in [-0.15, -0.1) is 11.3 Å². The van der Waals surface area contributed by atoms with Gasteiger partial charge in [0.2, 0.25) is 0 Å². The van der Waals surface area contributed by atoms with Gasteiger partial charge in [-0.05, 0) is 57.5 Å². The summed E-state index contributed by atoms with van der Waals surface area (Å²) < 4.78 is 13.3. The van der Waals surface area contributed by atoms with Crippen molar-refractivity contribution >= 4 is 17.2 Å². The number of aromatic nitrogens is 1. The minimum atomic E-state index is -0.235. The Morgan fingerprint density at radius 2 is 1.92 bits per heavy atom. The summed E-state index contributed by atoms with van der Waals surface area (Å²) in [7, 11) is 0. The van der Waals surface area contributed by atoms with Crippen LogP contribution in [0.2, 0.25) is 0 Å². The molecule has 4 nitrogen and oxygen atoms in total. The molecule has 1 aliphatic rings. The van der Waals surface area contributed by atoms with Crippen LogP contribution in [0.3, 0.4) is 0 Å². The average molecular weight is 361 g/mol. The van der Waals surface area contributed by atoms with E-state index in [0.29, 0.717) is 11.4 Å². The highest BCUT2D eigenvalue weighted by molar-refractivity contribution is 7.13. The Hall–Kier alpha value is -1.79. The molecule has 1 saturated heterocycles. The highest BCUT2D eigenvalue weighted by Gasteiger charge is 2.24. The number of hydrogen-bond donors (Lipinski definition) is 1. The summed E-state index contributed by atoms with van der Waals surface area (Å²) in [5, 5.41) is 3.96. The molecule has 2 aromatic rings. The second-order valence-corrected chi connectivity index (χ2v) is 7.72. The lowest BCUT2D eigenvalue weighted by Gasteiger charge is -2.35. The first kappa shape index (κ1) is 18.0. The van der Waals surface area contributed by atoms with E-state index in [1.54, 1.807) is 0 Å². The summed E-state index contributed by atoms with van der Waals surface area (Å²) in [6, 6.07) is 6.69. The van der Waals surface area contributed by atoms with Crippen molar-refractivity contribution < 1.29 is 9.18 Å². The van der Waals surface area contributed by atoms with Gasteiger partial charge < -0.3 is 5.32 Å². The Labute approximate surface area is 152 Å². The van der Waals surface area contributed by atoms with Gasteiger partial charge >= 0.3 is 0 Å². The van der Waals surface area contributed by atoms with Crippen molar-refractivity contribution in [2.24, 2.45) is 0 Å². The van der Waals surface area contributed by atoms with Crippen LogP contribution in [0.25, 0.3) is 0 Å².